The van der Waals surface area contributed by atoms with Gasteiger partial charge >= 0.3 is 11.9 Å². The summed E-state index contributed by atoms with van der Waals surface area (Å²) in [6.45, 7) is 0.510. The van der Waals surface area contributed by atoms with Crippen molar-refractivity contribution in [2.75, 3.05) is 13.2 Å². The van der Waals surface area contributed by atoms with Crippen molar-refractivity contribution in [3.8, 4) is 0 Å². The fraction of sp³-hybridized carbons (Fsp3) is 0.188. The Hall–Kier alpha value is -4.18. The number of carbonyl (C=O) groups is 2. The number of ether oxygens (including phenoxy) is 2. The quantitative estimate of drug-likeness (QED) is 0.311. The van der Waals surface area contributed by atoms with Crippen molar-refractivity contribution >= 4 is 11.9 Å². The maximum atomic E-state index is 12.8. The van der Waals surface area contributed by atoms with E-state index in [2.05, 4.69) is 48.5 Å². The van der Waals surface area contributed by atoms with Crippen LogP contribution >= 0.6 is 0 Å². The Bertz CT molecular complexity index is 1240. The molecule has 4 nitrogen and oxygen atoms in total. The third-order valence-electron chi connectivity index (χ3n) is 7.57. The number of rotatable bonds is 6. The van der Waals surface area contributed by atoms with Gasteiger partial charge in [0, 0.05) is 23.7 Å². The number of benzene rings is 4. The molecule has 2 atom stereocenters. The van der Waals surface area contributed by atoms with E-state index in [0.717, 1.165) is 0 Å². The van der Waals surface area contributed by atoms with E-state index in [1.807, 2.05) is 36.4 Å². The first-order valence-electron chi connectivity index (χ1n) is 12.3. The minimum absolute atomic E-state index is 0.0176. The molecule has 0 heterocycles. The van der Waals surface area contributed by atoms with Gasteiger partial charge in [0.05, 0.1) is 24.3 Å². The summed E-state index contributed by atoms with van der Waals surface area (Å²) >= 11 is 0. The van der Waals surface area contributed by atoms with Crippen LogP contribution in [0.25, 0.3) is 0 Å². The molecule has 36 heavy (non-hydrogen) atoms. The lowest BCUT2D eigenvalue weighted by Gasteiger charge is -2.50. The topological polar surface area (TPSA) is 52.6 Å². The molecule has 3 aliphatic carbocycles. The lowest BCUT2D eigenvalue weighted by atomic mass is 9.54. The SMILES string of the molecule is O=C(OC[C@@H]1C2c3ccccc3C(c3ccccc32)[C@H]1COC(=O)c1ccccc1)c1ccccc1. The molecule has 178 valence electrons. The molecule has 0 N–H and O–H groups in total. The molecule has 0 saturated heterocycles. The number of fused-ring (bicyclic) bond motifs is 1. The van der Waals surface area contributed by atoms with E-state index in [9.17, 15) is 9.59 Å². The molecule has 7 rings (SSSR count). The predicted octanol–water partition coefficient (Wildman–Crippen LogP) is 6.22. The highest BCUT2D eigenvalue weighted by Gasteiger charge is 2.50. The summed E-state index contributed by atoms with van der Waals surface area (Å²) in [5, 5.41) is 0. The van der Waals surface area contributed by atoms with E-state index in [0.29, 0.717) is 11.1 Å². The van der Waals surface area contributed by atoms with Crippen molar-refractivity contribution in [1.82, 2.24) is 0 Å². The fourth-order valence-electron chi connectivity index (χ4n) is 6.01. The Morgan fingerprint density at radius 2 is 0.778 bits per heavy atom. The van der Waals surface area contributed by atoms with Gasteiger partial charge in [-0.15, -0.1) is 0 Å². The predicted molar refractivity (Wildman–Crippen MR) is 137 cm³/mol. The molecular weight excluding hydrogens is 448 g/mol. The summed E-state index contributed by atoms with van der Waals surface area (Å²) in [5.74, 6) is -0.581. The Morgan fingerprint density at radius 3 is 1.11 bits per heavy atom. The number of carbonyl (C=O) groups excluding carboxylic acids is 2. The van der Waals surface area contributed by atoms with Crippen molar-refractivity contribution in [3.05, 3.63) is 143 Å². The Balaban J connectivity index is 1.34. The van der Waals surface area contributed by atoms with E-state index >= 15 is 0 Å². The second-order valence-corrected chi connectivity index (χ2v) is 9.47. The summed E-state index contributed by atoms with van der Waals surface area (Å²) in [6.07, 6.45) is 0. The van der Waals surface area contributed by atoms with Gasteiger partial charge in [-0.25, -0.2) is 9.59 Å². The maximum Gasteiger partial charge on any atom is 0.338 e. The largest absolute Gasteiger partial charge is 0.462 e. The standard InChI is InChI=1S/C32H26O4/c33-31(21-11-3-1-4-12-21)35-19-27-28(20-36-32(34)22-13-5-2-6-14-22)30-25-17-9-7-15-23(25)29(27)24-16-8-10-18-26(24)30/h1-18,27-30H,19-20H2/t27-,28-,29?,30?/m0/s1. The molecule has 0 aliphatic heterocycles. The van der Waals surface area contributed by atoms with Gasteiger partial charge in [-0.05, 0) is 46.5 Å². The monoisotopic (exact) mass is 474 g/mol. The van der Waals surface area contributed by atoms with Crippen LogP contribution in [0.2, 0.25) is 0 Å². The van der Waals surface area contributed by atoms with E-state index in [1.165, 1.54) is 22.3 Å². The molecular formula is C32H26O4. The summed E-state index contributed by atoms with van der Waals surface area (Å²) in [7, 11) is 0. The summed E-state index contributed by atoms with van der Waals surface area (Å²) in [6, 6.07) is 35.1. The molecule has 0 spiro atoms. The molecule has 4 aromatic carbocycles. The third kappa shape index (κ3) is 3.89. The van der Waals surface area contributed by atoms with Crippen LogP contribution in [0.1, 0.15) is 54.8 Å². The Morgan fingerprint density at radius 1 is 0.472 bits per heavy atom. The van der Waals surface area contributed by atoms with E-state index in [1.54, 1.807) is 24.3 Å². The average Bonchev–Trinajstić information content (AvgIpc) is 2.95. The minimum Gasteiger partial charge on any atom is -0.462 e. The highest BCUT2D eigenvalue weighted by molar-refractivity contribution is 5.89. The van der Waals surface area contributed by atoms with E-state index in [4.69, 9.17) is 9.47 Å². The minimum atomic E-state index is -0.335. The van der Waals surface area contributed by atoms with Crippen molar-refractivity contribution in [3.63, 3.8) is 0 Å². The molecule has 0 saturated carbocycles. The normalized spacial score (nSPS) is 21.2. The molecule has 0 radical (unpaired) electrons. The highest BCUT2D eigenvalue weighted by Crippen LogP contribution is 2.58. The Labute approximate surface area is 210 Å². The molecule has 0 aromatic heterocycles. The van der Waals surface area contributed by atoms with Gasteiger partial charge in [-0.3, -0.25) is 0 Å². The van der Waals surface area contributed by atoms with Crippen molar-refractivity contribution < 1.29 is 19.1 Å². The lowest BCUT2D eigenvalue weighted by Crippen LogP contribution is -2.44. The second-order valence-electron chi connectivity index (χ2n) is 9.47. The zero-order valence-electron chi connectivity index (χ0n) is 19.7. The van der Waals surface area contributed by atoms with Crippen LogP contribution in [0.3, 0.4) is 0 Å². The maximum absolute atomic E-state index is 12.8. The van der Waals surface area contributed by atoms with Crippen LogP contribution in [0, 0.1) is 11.8 Å². The van der Waals surface area contributed by atoms with Crippen LogP contribution in [0.5, 0.6) is 0 Å². The molecule has 0 fully saturated rings. The highest BCUT2D eigenvalue weighted by atomic mass is 16.5. The number of hydrogen-bond acceptors (Lipinski definition) is 4. The number of hydrogen-bond donors (Lipinski definition) is 0. The molecule has 3 aliphatic rings. The van der Waals surface area contributed by atoms with Gasteiger partial charge < -0.3 is 9.47 Å². The number of esters is 2. The molecule has 4 aromatic rings. The smallest absolute Gasteiger partial charge is 0.338 e. The van der Waals surface area contributed by atoms with Crippen LogP contribution in [-0.4, -0.2) is 25.2 Å². The zero-order chi connectivity index (χ0) is 24.5. The van der Waals surface area contributed by atoms with Gasteiger partial charge in [0.15, 0.2) is 0 Å². The van der Waals surface area contributed by atoms with Gasteiger partial charge in [-0.1, -0.05) is 84.9 Å². The van der Waals surface area contributed by atoms with Gasteiger partial charge in [-0.2, -0.15) is 0 Å². The van der Waals surface area contributed by atoms with Gasteiger partial charge in [0.2, 0.25) is 0 Å². The van der Waals surface area contributed by atoms with Crippen LogP contribution in [0.15, 0.2) is 109 Å². The first kappa shape index (κ1) is 22.3. The lowest BCUT2D eigenvalue weighted by molar-refractivity contribution is 0.0117. The van der Waals surface area contributed by atoms with E-state index < -0.39 is 0 Å². The molecule has 0 unspecified atom stereocenters. The van der Waals surface area contributed by atoms with Crippen LogP contribution in [0.4, 0.5) is 0 Å². The summed E-state index contributed by atoms with van der Waals surface area (Å²) in [4.78, 5) is 25.7. The van der Waals surface area contributed by atoms with Gasteiger partial charge in [0.1, 0.15) is 0 Å². The average molecular weight is 475 g/mol. The van der Waals surface area contributed by atoms with Crippen molar-refractivity contribution in [2.24, 2.45) is 11.8 Å². The van der Waals surface area contributed by atoms with Crippen LogP contribution in [-0.2, 0) is 9.47 Å². The third-order valence-corrected chi connectivity index (χ3v) is 7.57. The van der Waals surface area contributed by atoms with Gasteiger partial charge in [0.25, 0.3) is 0 Å². The fourth-order valence-corrected chi connectivity index (χ4v) is 6.01. The Kier molecular flexibility index (Phi) is 5.86. The zero-order valence-corrected chi connectivity index (χ0v) is 19.7. The first-order chi connectivity index (χ1) is 17.7. The molecule has 2 bridgehead atoms. The van der Waals surface area contributed by atoms with Crippen LogP contribution < -0.4 is 0 Å². The summed E-state index contributed by atoms with van der Waals surface area (Å²) in [5.41, 5.74) is 6.15. The summed E-state index contributed by atoms with van der Waals surface area (Å²) < 4.78 is 11.8. The van der Waals surface area contributed by atoms with Crippen molar-refractivity contribution in [2.45, 2.75) is 11.8 Å². The van der Waals surface area contributed by atoms with E-state index in [-0.39, 0.29) is 48.8 Å². The van der Waals surface area contributed by atoms with Crippen molar-refractivity contribution in [1.29, 1.82) is 0 Å². The second kappa shape index (κ2) is 9.46. The molecule has 0 amide bonds. The first-order valence-corrected chi connectivity index (χ1v) is 12.3. The molecule has 4 heteroatoms.